The van der Waals surface area contributed by atoms with Crippen LogP contribution in [-0.2, 0) is 17.9 Å². The van der Waals surface area contributed by atoms with Crippen LogP contribution in [0.3, 0.4) is 0 Å². The minimum atomic E-state index is -0.0771. The van der Waals surface area contributed by atoms with Crippen molar-refractivity contribution >= 4 is 16.9 Å². The summed E-state index contributed by atoms with van der Waals surface area (Å²) in [5.74, 6) is 0.500. The summed E-state index contributed by atoms with van der Waals surface area (Å²) in [4.78, 5) is 27.6. The molecule has 0 radical (unpaired) electrons. The van der Waals surface area contributed by atoms with Gasteiger partial charge in [0.1, 0.15) is 6.54 Å². The number of fused-ring (bicyclic) bond motifs is 1. The fourth-order valence-electron chi connectivity index (χ4n) is 3.33. The maximum absolute atomic E-state index is 12.8. The van der Waals surface area contributed by atoms with Crippen LogP contribution in [0.15, 0.2) is 29.1 Å². The Hall–Kier alpha value is -2.04. The Kier molecular flexibility index (Phi) is 4.78. The largest absolute Gasteiger partial charge is 0.338 e. The van der Waals surface area contributed by atoms with E-state index in [1.807, 2.05) is 29.2 Å². The second-order valence-corrected chi connectivity index (χ2v) is 7.18. The molecule has 0 unspecified atom stereocenters. The van der Waals surface area contributed by atoms with Gasteiger partial charge in [-0.15, -0.1) is 0 Å². The first kappa shape index (κ1) is 16.8. The van der Waals surface area contributed by atoms with Gasteiger partial charge in [0.25, 0.3) is 0 Å². The highest BCUT2D eigenvalue weighted by atomic mass is 16.2. The first-order valence-corrected chi connectivity index (χ1v) is 9.00. The summed E-state index contributed by atoms with van der Waals surface area (Å²) >= 11 is 0. The molecule has 0 atom stereocenters. The van der Waals surface area contributed by atoms with E-state index < -0.39 is 0 Å². The third-order valence-electron chi connectivity index (χ3n) is 4.54. The Morgan fingerprint density at radius 2 is 1.83 bits per heavy atom. The molecule has 3 rings (SSSR count). The number of aryl methyl sites for hydroxylation is 1. The number of amides is 1. The molecule has 1 aliphatic rings. The lowest BCUT2D eigenvalue weighted by molar-refractivity contribution is -0.133. The van der Waals surface area contributed by atoms with Crippen LogP contribution in [-0.4, -0.2) is 32.5 Å². The van der Waals surface area contributed by atoms with Crippen molar-refractivity contribution in [3.8, 4) is 0 Å². The van der Waals surface area contributed by atoms with Crippen LogP contribution in [0.2, 0.25) is 0 Å². The van der Waals surface area contributed by atoms with Gasteiger partial charge in [-0.1, -0.05) is 32.9 Å². The SMILES string of the molecule is CCCn1c(=O)n(CC(=O)N(CC(C)C)C2CC2)c2ccccc21. The third-order valence-corrected chi connectivity index (χ3v) is 4.54. The molecule has 0 aliphatic heterocycles. The fourth-order valence-corrected chi connectivity index (χ4v) is 3.33. The molecule has 1 aliphatic carbocycles. The maximum Gasteiger partial charge on any atom is 0.329 e. The van der Waals surface area contributed by atoms with Crippen molar-refractivity contribution in [2.24, 2.45) is 5.92 Å². The average molecular weight is 329 g/mol. The van der Waals surface area contributed by atoms with Crippen molar-refractivity contribution < 1.29 is 4.79 Å². The number of imidazole rings is 1. The molecule has 1 amide bonds. The zero-order valence-corrected chi connectivity index (χ0v) is 14.9. The van der Waals surface area contributed by atoms with E-state index in [0.717, 1.165) is 36.8 Å². The van der Waals surface area contributed by atoms with Crippen molar-refractivity contribution in [1.82, 2.24) is 14.0 Å². The Labute approximate surface area is 142 Å². The summed E-state index contributed by atoms with van der Waals surface area (Å²) in [7, 11) is 0. The lowest BCUT2D eigenvalue weighted by Crippen LogP contribution is -2.40. The molecule has 24 heavy (non-hydrogen) atoms. The third kappa shape index (κ3) is 3.25. The number of hydrogen-bond donors (Lipinski definition) is 0. The maximum atomic E-state index is 12.8. The van der Waals surface area contributed by atoms with Gasteiger partial charge in [0.2, 0.25) is 5.91 Å². The predicted octanol–water partition coefficient (Wildman–Crippen LogP) is 2.86. The monoisotopic (exact) mass is 329 g/mol. The number of hydrogen-bond acceptors (Lipinski definition) is 2. The van der Waals surface area contributed by atoms with Gasteiger partial charge in [0.05, 0.1) is 11.0 Å². The lowest BCUT2D eigenvalue weighted by Gasteiger charge is -2.24. The quantitative estimate of drug-likeness (QED) is 0.784. The lowest BCUT2D eigenvalue weighted by atomic mass is 10.2. The molecule has 1 aromatic heterocycles. The molecule has 2 aromatic rings. The molecule has 5 nitrogen and oxygen atoms in total. The van der Waals surface area contributed by atoms with E-state index in [9.17, 15) is 9.59 Å². The summed E-state index contributed by atoms with van der Waals surface area (Å²) in [6.45, 7) is 7.90. The Balaban J connectivity index is 1.93. The normalized spacial score (nSPS) is 14.5. The fraction of sp³-hybridized carbons (Fsp3) is 0.579. The molecule has 1 heterocycles. The molecule has 1 fully saturated rings. The molecule has 1 aromatic carbocycles. The van der Waals surface area contributed by atoms with Gasteiger partial charge in [-0.3, -0.25) is 13.9 Å². The number of carbonyl (C=O) groups is 1. The number of benzene rings is 1. The van der Waals surface area contributed by atoms with E-state index in [1.165, 1.54) is 0 Å². The van der Waals surface area contributed by atoms with Crippen LogP contribution in [0.4, 0.5) is 0 Å². The number of rotatable bonds is 7. The molecular weight excluding hydrogens is 302 g/mol. The van der Waals surface area contributed by atoms with Crippen LogP contribution in [0, 0.1) is 5.92 Å². The molecule has 0 saturated heterocycles. The van der Waals surface area contributed by atoms with Gasteiger partial charge >= 0.3 is 5.69 Å². The molecule has 130 valence electrons. The molecule has 0 N–H and O–H groups in total. The van der Waals surface area contributed by atoms with Crippen molar-refractivity contribution in [3.63, 3.8) is 0 Å². The van der Waals surface area contributed by atoms with Crippen molar-refractivity contribution in [1.29, 1.82) is 0 Å². The summed E-state index contributed by atoms with van der Waals surface area (Å²) in [5, 5.41) is 0. The Morgan fingerprint density at radius 1 is 1.21 bits per heavy atom. The molecular formula is C19H27N3O2. The second-order valence-electron chi connectivity index (χ2n) is 7.18. The van der Waals surface area contributed by atoms with Crippen molar-refractivity contribution in [2.45, 2.75) is 59.2 Å². The highest BCUT2D eigenvalue weighted by Crippen LogP contribution is 2.28. The van der Waals surface area contributed by atoms with Gasteiger partial charge in [-0.05, 0) is 37.3 Å². The topological polar surface area (TPSA) is 47.2 Å². The molecule has 5 heteroatoms. The smallest absolute Gasteiger partial charge is 0.329 e. The Morgan fingerprint density at radius 3 is 2.38 bits per heavy atom. The number of carbonyl (C=O) groups excluding carboxylic acids is 1. The number of para-hydroxylation sites is 2. The zero-order valence-electron chi connectivity index (χ0n) is 14.9. The van der Waals surface area contributed by atoms with Gasteiger partial charge in [0.15, 0.2) is 0 Å². The molecule has 1 saturated carbocycles. The number of aromatic nitrogens is 2. The first-order valence-electron chi connectivity index (χ1n) is 9.00. The van der Waals surface area contributed by atoms with Crippen LogP contribution >= 0.6 is 0 Å². The zero-order chi connectivity index (χ0) is 17.3. The van der Waals surface area contributed by atoms with Crippen LogP contribution in [0.25, 0.3) is 11.0 Å². The van der Waals surface area contributed by atoms with Crippen molar-refractivity contribution in [2.75, 3.05) is 6.54 Å². The molecule has 0 spiro atoms. The summed E-state index contributed by atoms with van der Waals surface area (Å²) < 4.78 is 3.43. The van der Waals surface area contributed by atoms with E-state index in [2.05, 4.69) is 20.8 Å². The van der Waals surface area contributed by atoms with E-state index in [1.54, 1.807) is 9.13 Å². The summed E-state index contributed by atoms with van der Waals surface area (Å²) in [6.07, 6.45) is 3.07. The van der Waals surface area contributed by atoms with Gasteiger partial charge in [0, 0.05) is 19.1 Å². The highest BCUT2D eigenvalue weighted by Gasteiger charge is 2.33. The highest BCUT2D eigenvalue weighted by molar-refractivity contribution is 5.81. The summed E-state index contributed by atoms with van der Waals surface area (Å²) in [6, 6.07) is 8.13. The van der Waals surface area contributed by atoms with Crippen molar-refractivity contribution in [3.05, 3.63) is 34.7 Å². The van der Waals surface area contributed by atoms with Gasteiger partial charge < -0.3 is 4.90 Å². The van der Waals surface area contributed by atoms with Gasteiger partial charge in [-0.2, -0.15) is 0 Å². The average Bonchev–Trinajstić information content (AvgIpc) is 3.36. The van der Waals surface area contributed by atoms with E-state index in [4.69, 9.17) is 0 Å². The van der Waals surface area contributed by atoms with E-state index in [-0.39, 0.29) is 18.1 Å². The van der Waals surface area contributed by atoms with Gasteiger partial charge in [-0.25, -0.2) is 4.79 Å². The summed E-state index contributed by atoms with van der Waals surface area (Å²) in [5.41, 5.74) is 1.69. The minimum absolute atomic E-state index is 0.0627. The van der Waals surface area contributed by atoms with E-state index >= 15 is 0 Å². The predicted molar refractivity (Wildman–Crippen MR) is 96.1 cm³/mol. The number of nitrogens with zero attached hydrogens (tertiary/aromatic N) is 3. The van der Waals surface area contributed by atoms with E-state index in [0.29, 0.717) is 18.5 Å². The standard InChI is InChI=1S/C19H27N3O2/c1-4-11-20-16-7-5-6-8-17(16)22(19(20)24)13-18(23)21(12-14(2)3)15-9-10-15/h5-8,14-15H,4,9-13H2,1-3H3. The van der Waals surface area contributed by atoms with Crippen LogP contribution < -0.4 is 5.69 Å². The molecule has 0 bridgehead atoms. The minimum Gasteiger partial charge on any atom is -0.338 e. The first-order chi connectivity index (χ1) is 11.5. The Bertz CT molecular complexity index is 783. The van der Waals surface area contributed by atoms with Crippen LogP contribution in [0.1, 0.15) is 40.0 Å². The second kappa shape index (κ2) is 6.83. The van der Waals surface area contributed by atoms with Crippen LogP contribution in [0.5, 0.6) is 0 Å².